The largest absolute Gasteiger partial charge is 0.404 e. The van der Waals surface area contributed by atoms with Crippen molar-refractivity contribution in [2.24, 2.45) is 16.6 Å². The van der Waals surface area contributed by atoms with Crippen LogP contribution < -0.4 is 16.0 Å². The molecule has 0 radical (unpaired) electrons. The van der Waals surface area contributed by atoms with Gasteiger partial charge in [0.1, 0.15) is 0 Å². The number of nitrogens with one attached hydrogen (secondary N) is 1. The van der Waals surface area contributed by atoms with Gasteiger partial charge in [-0.3, -0.25) is 9.79 Å². The first kappa shape index (κ1) is 20.2. The molecule has 0 saturated carbocycles. The summed E-state index contributed by atoms with van der Waals surface area (Å²) in [5, 5.41) is 3.11. The predicted molar refractivity (Wildman–Crippen MR) is 126 cm³/mol. The van der Waals surface area contributed by atoms with Crippen LogP contribution >= 0.6 is 0 Å². The van der Waals surface area contributed by atoms with Crippen LogP contribution in [0.5, 0.6) is 0 Å². The van der Waals surface area contributed by atoms with E-state index in [1.54, 1.807) is 19.5 Å². The van der Waals surface area contributed by atoms with Crippen LogP contribution in [0.3, 0.4) is 0 Å². The van der Waals surface area contributed by atoms with Gasteiger partial charge in [-0.25, -0.2) is 0 Å². The minimum atomic E-state index is 0.106. The minimum absolute atomic E-state index is 0.106. The number of rotatable bonds is 3. The van der Waals surface area contributed by atoms with Crippen molar-refractivity contribution in [3.63, 3.8) is 0 Å². The monoisotopic (exact) mass is 402 g/mol. The van der Waals surface area contributed by atoms with Crippen LogP contribution in [-0.4, -0.2) is 25.7 Å². The molecule has 0 fully saturated rings. The summed E-state index contributed by atoms with van der Waals surface area (Å²) in [5.74, 6) is 0.896. The third-order valence-corrected chi connectivity index (χ3v) is 6.22. The zero-order valence-corrected chi connectivity index (χ0v) is 18.0. The van der Waals surface area contributed by atoms with E-state index in [0.29, 0.717) is 18.3 Å². The highest BCUT2D eigenvalue weighted by atomic mass is 16.1. The molecule has 2 atom stereocenters. The molecule has 0 saturated heterocycles. The van der Waals surface area contributed by atoms with E-state index in [2.05, 4.69) is 53.3 Å². The Kier molecular flexibility index (Phi) is 5.62. The fourth-order valence-electron chi connectivity index (χ4n) is 4.67. The van der Waals surface area contributed by atoms with Gasteiger partial charge < -0.3 is 16.0 Å². The zero-order valence-electron chi connectivity index (χ0n) is 18.0. The topological polar surface area (TPSA) is 70.7 Å². The van der Waals surface area contributed by atoms with Crippen LogP contribution in [0.1, 0.15) is 49.3 Å². The van der Waals surface area contributed by atoms with Crippen LogP contribution in [0.2, 0.25) is 0 Å². The Balaban J connectivity index is 1.80. The van der Waals surface area contributed by atoms with Gasteiger partial charge in [-0.15, -0.1) is 0 Å². The van der Waals surface area contributed by atoms with Crippen LogP contribution in [0.25, 0.3) is 5.57 Å². The summed E-state index contributed by atoms with van der Waals surface area (Å²) < 4.78 is 0. The fraction of sp³-hybridized carbons (Fsp3) is 0.360. The van der Waals surface area contributed by atoms with Crippen molar-refractivity contribution < 1.29 is 4.79 Å². The Labute approximate surface area is 178 Å². The molecule has 2 aromatic rings. The number of amides is 1. The number of hydrogen-bond donors (Lipinski definition) is 2. The first-order chi connectivity index (χ1) is 14.5. The standard InChI is InChI=1S/C25H30N4O/c1-16-11-21-22(28-25(30)12-16)5-4-6-23(21)29-10-9-17(2)20-13-18(7-8-24(20)29)19(14-26)15-27-3/h4-8,13-17H,9-12,26H2,1-3H3,(H,28,30)/t16-,17+/m0/s1. The van der Waals surface area contributed by atoms with Gasteiger partial charge in [0.05, 0.1) is 0 Å². The smallest absolute Gasteiger partial charge is 0.224 e. The third kappa shape index (κ3) is 3.72. The first-order valence-corrected chi connectivity index (χ1v) is 10.7. The Bertz CT molecular complexity index is 1020. The Morgan fingerprint density at radius 2 is 2.03 bits per heavy atom. The molecule has 0 unspecified atom stereocenters. The quantitative estimate of drug-likeness (QED) is 0.721. The van der Waals surface area contributed by atoms with E-state index in [-0.39, 0.29) is 5.91 Å². The van der Waals surface area contributed by atoms with Crippen molar-refractivity contribution in [3.05, 3.63) is 59.3 Å². The molecule has 30 heavy (non-hydrogen) atoms. The number of aliphatic imine (C=N–C) groups is 1. The molecule has 3 N–H and O–H groups in total. The Hall–Kier alpha value is -3.08. The lowest BCUT2D eigenvalue weighted by atomic mass is 9.88. The molecule has 0 spiro atoms. The number of benzene rings is 2. The van der Waals surface area contributed by atoms with Gasteiger partial charge in [0, 0.05) is 55.1 Å². The summed E-state index contributed by atoms with van der Waals surface area (Å²) in [4.78, 5) is 18.8. The van der Waals surface area contributed by atoms with E-state index in [9.17, 15) is 4.79 Å². The Morgan fingerprint density at radius 1 is 1.20 bits per heavy atom. The van der Waals surface area contributed by atoms with Crippen molar-refractivity contribution in [2.75, 3.05) is 23.8 Å². The van der Waals surface area contributed by atoms with Crippen molar-refractivity contribution in [3.8, 4) is 0 Å². The second-order valence-corrected chi connectivity index (χ2v) is 8.49. The maximum absolute atomic E-state index is 12.2. The summed E-state index contributed by atoms with van der Waals surface area (Å²) in [6.07, 6.45) is 5.95. The molecule has 2 aliphatic rings. The summed E-state index contributed by atoms with van der Waals surface area (Å²) in [6.45, 7) is 5.40. The molecular formula is C25H30N4O. The van der Waals surface area contributed by atoms with Crippen LogP contribution in [0.4, 0.5) is 17.1 Å². The zero-order chi connectivity index (χ0) is 21.3. The lowest BCUT2D eigenvalue weighted by Crippen LogP contribution is -2.27. The number of carbonyl (C=O) groups is 1. The number of nitrogens with two attached hydrogens (primary N) is 1. The van der Waals surface area contributed by atoms with Crippen molar-refractivity contribution >= 4 is 34.8 Å². The number of hydrogen-bond acceptors (Lipinski definition) is 4. The van der Waals surface area contributed by atoms with Gasteiger partial charge in [-0.05, 0) is 65.6 Å². The second kappa shape index (κ2) is 8.34. The van der Waals surface area contributed by atoms with E-state index in [1.165, 1.54) is 22.5 Å². The molecule has 0 aliphatic carbocycles. The minimum Gasteiger partial charge on any atom is -0.404 e. The average Bonchev–Trinajstić information content (AvgIpc) is 2.88. The normalized spacial score (nSPS) is 21.8. The first-order valence-electron chi connectivity index (χ1n) is 10.7. The molecule has 156 valence electrons. The van der Waals surface area contributed by atoms with Crippen LogP contribution in [0.15, 0.2) is 47.6 Å². The molecule has 0 bridgehead atoms. The second-order valence-electron chi connectivity index (χ2n) is 8.49. The summed E-state index contributed by atoms with van der Waals surface area (Å²) in [5.41, 5.74) is 13.8. The molecule has 5 heteroatoms. The summed E-state index contributed by atoms with van der Waals surface area (Å²) >= 11 is 0. The Morgan fingerprint density at radius 3 is 2.80 bits per heavy atom. The number of allylic oxidation sites excluding steroid dienone is 1. The predicted octanol–water partition coefficient (Wildman–Crippen LogP) is 4.85. The molecule has 2 aromatic carbocycles. The van der Waals surface area contributed by atoms with E-state index in [1.807, 2.05) is 12.1 Å². The SMILES string of the molecule is CN=CC(=CN)c1ccc2c(c1)[C@H](C)CCN2c1cccc2c1C[C@H](C)CC(=O)N2. The van der Waals surface area contributed by atoms with Gasteiger partial charge in [-0.1, -0.05) is 26.0 Å². The molecule has 5 nitrogen and oxygen atoms in total. The highest BCUT2D eigenvalue weighted by molar-refractivity contribution is 6.09. The maximum atomic E-state index is 12.2. The number of carbonyl (C=O) groups excluding carboxylic acids is 1. The molecule has 0 aromatic heterocycles. The van der Waals surface area contributed by atoms with Crippen molar-refractivity contribution in [1.82, 2.24) is 0 Å². The highest BCUT2D eigenvalue weighted by Crippen LogP contribution is 2.43. The lowest BCUT2D eigenvalue weighted by molar-refractivity contribution is -0.116. The van der Waals surface area contributed by atoms with Crippen molar-refractivity contribution in [2.45, 2.75) is 39.0 Å². The molecule has 2 aliphatic heterocycles. The fourth-order valence-corrected chi connectivity index (χ4v) is 4.67. The maximum Gasteiger partial charge on any atom is 0.224 e. The van der Waals surface area contributed by atoms with Crippen LogP contribution in [-0.2, 0) is 11.2 Å². The van der Waals surface area contributed by atoms with E-state index in [4.69, 9.17) is 5.73 Å². The van der Waals surface area contributed by atoms with Gasteiger partial charge in [0.2, 0.25) is 5.91 Å². The molecule has 4 rings (SSSR count). The lowest BCUT2D eigenvalue weighted by Gasteiger charge is -2.36. The third-order valence-electron chi connectivity index (χ3n) is 6.22. The molecule has 1 amide bonds. The molecule has 2 heterocycles. The number of nitrogens with zero attached hydrogens (tertiary/aromatic N) is 2. The van der Waals surface area contributed by atoms with Gasteiger partial charge in [0.15, 0.2) is 0 Å². The van der Waals surface area contributed by atoms with Crippen LogP contribution in [0, 0.1) is 5.92 Å². The number of anilines is 3. The number of fused-ring (bicyclic) bond motifs is 2. The highest BCUT2D eigenvalue weighted by Gasteiger charge is 2.28. The van der Waals surface area contributed by atoms with E-state index < -0.39 is 0 Å². The van der Waals surface area contributed by atoms with Crippen molar-refractivity contribution in [1.29, 1.82) is 0 Å². The summed E-state index contributed by atoms with van der Waals surface area (Å²) in [6, 6.07) is 12.8. The molecular weight excluding hydrogens is 372 g/mol. The van der Waals surface area contributed by atoms with Gasteiger partial charge in [-0.2, -0.15) is 0 Å². The van der Waals surface area contributed by atoms with Gasteiger partial charge in [0.25, 0.3) is 0 Å². The van der Waals surface area contributed by atoms with E-state index >= 15 is 0 Å². The van der Waals surface area contributed by atoms with Gasteiger partial charge >= 0.3 is 0 Å². The van der Waals surface area contributed by atoms with E-state index in [0.717, 1.165) is 36.2 Å². The average molecular weight is 403 g/mol. The summed E-state index contributed by atoms with van der Waals surface area (Å²) in [7, 11) is 1.76.